The van der Waals surface area contributed by atoms with Gasteiger partial charge in [0, 0.05) is 6.07 Å². The van der Waals surface area contributed by atoms with Crippen molar-refractivity contribution < 1.29 is 9.73 Å². The zero-order valence-corrected chi connectivity index (χ0v) is 8.95. The molecule has 7 heteroatoms. The molecule has 0 saturated heterocycles. The maximum atomic E-state index is 8.52. The third kappa shape index (κ3) is 2.08. The van der Waals surface area contributed by atoms with Crippen molar-refractivity contribution in [2.45, 2.75) is 20.3 Å². The van der Waals surface area contributed by atoms with Crippen LogP contribution in [0, 0.1) is 6.92 Å². The van der Waals surface area contributed by atoms with Gasteiger partial charge in [-0.1, -0.05) is 10.3 Å². The largest absolute Gasteiger partial charge is 0.411 e. The lowest BCUT2D eigenvalue weighted by Crippen LogP contribution is -2.01. The van der Waals surface area contributed by atoms with Crippen LogP contribution in [0.1, 0.15) is 18.5 Å². The minimum absolute atomic E-state index is 0.403. The molecule has 0 aliphatic carbocycles. The summed E-state index contributed by atoms with van der Waals surface area (Å²) in [4.78, 5) is 4.07. The molecule has 16 heavy (non-hydrogen) atoms. The Bertz CT molecular complexity index is 513. The number of hydrogen-bond donors (Lipinski definition) is 1. The Hall–Kier alpha value is -2.18. The van der Waals surface area contributed by atoms with Crippen LogP contribution in [0.15, 0.2) is 22.1 Å². The molecule has 2 heterocycles. The van der Waals surface area contributed by atoms with Gasteiger partial charge in [0.1, 0.15) is 12.1 Å². The summed E-state index contributed by atoms with van der Waals surface area (Å²) in [5, 5.41) is 19.6. The van der Waals surface area contributed by atoms with Crippen LogP contribution in [-0.2, 0) is 6.42 Å². The van der Waals surface area contributed by atoms with Gasteiger partial charge in [-0.2, -0.15) is 4.68 Å². The molecule has 0 aromatic carbocycles. The van der Waals surface area contributed by atoms with Gasteiger partial charge in [0.05, 0.1) is 12.1 Å². The van der Waals surface area contributed by atoms with Crippen LogP contribution in [0.25, 0.3) is 5.82 Å². The van der Waals surface area contributed by atoms with E-state index in [1.807, 2.05) is 0 Å². The summed E-state index contributed by atoms with van der Waals surface area (Å²) in [6.45, 7) is 3.50. The third-order valence-electron chi connectivity index (χ3n) is 1.97. The monoisotopic (exact) mass is 221 g/mol. The second-order valence-electron chi connectivity index (χ2n) is 3.41. The summed E-state index contributed by atoms with van der Waals surface area (Å²) in [5.74, 6) is 1.85. The van der Waals surface area contributed by atoms with Crippen molar-refractivity contribution in [2.24, 2.45) is 5.16 Å². The topological polar surface area (TPSA) is 89.3 Å². The summed E-state index contributed by atoms with van der Waals surface area (Å²) in [7, 11) is 0. The first-order valence-corrected chi connectivity index (χ1v) is 4.71. The standard InChI is InChI=1S/C9H11N5O2/c1-6(12-15)3-8-10-5-14(11-8)9-4-7(2)16-13-9/h4-5,15H,3H2,1-2H3/b12-6-. The maximum Gasteiger partial charge on any atom is 0.198 e. The van der Waals surface area contributed by atoms with Crippen LogP contribution in [0.5, 0.6) is 0 Å². The van der Waals surface area contributed by atoms with Gasteiger partial charge in [0.15, 0.2) is 11.6 Å². The minimum atomic E-state index is 0.403. The van der Waals surface area contributed by atoms with Crippen molar-refractivity contribution in [3.05, 3.63) is 24.0 Å². The minimum Gasteiger partial charge on any atom is -0.411 e. The fourth-order valence-corrected chi connectivity index (χ4v) is 1.21. The number of nitrogens with zero attached hydrogens (tertiary/aromatic N) is 5. The van der Waals surface area contributed by atoms with Crippen LogP contribution in [0.4, 0.5) is 0 Å². The predicted octanol–water partition coefficient (Wildman–Crippen LogP) is 0.956. The second-order valence-corrected chi connectivity index (χ2v) is 3.41. The highest BCUT2D eigenvalue weighted by Gasteiger charge is 2.07. The summed E-state index contributed by atoms with van der Waals surface area (Å²) < 4.78 is 6.44. The fourth-order valence-electron chi connectivity index (χ4n) is 1.21. The van der Waals surface area contributed by atoms with E-state index < -0.39 is 0 Å². The normalized spacial score (nSPS) is 12.0. The Morgan fingerprint density at radius 3 is 3.06 bits per heavy atom. The summed E-state index contributed by atoms with van der Waals surface area (Å²) in [5.41, 5.74) is 0.550. The van der Waals surface area contributed by atoms with Gasteiger partial charge in [-0.15, -0.1) is 5.10 Å². The number of oxime groups is 1. The lowest BCUT2D eigenvalue weighted by molar-refractivity contribution is 0.317. The van der Waals surface area contributed by atoms with Crippen molar-refractivity contribution in [3.63, 3.8) is 0 Å². The van der Waals surface area contributed by atoms with Crippen LogP contribution in [0.3, 0.4) is 0 Å². The Morgan fingerprint density at radius 2 is 2.44 bits per heavy atom. The van der Waals surface area contributed by atoms with E-state index in [1.54, 1.807) is 19.9 Å². The molecule has 0 unspecified atom stereocenters. The first kappa shape index (κ1) is 10.3. The van der Waals surface area contributed by atoms with Crippen LogP contribution in [-0.4, -0.2) is 30.8 Å². The zero-order valence-electron chi connectivity index (χ0n) is 8.95. The molecule has 84 valence electrons. The van der Waals surface area contributed by atoms with Crippen molar-refractivity contribution in [2.75, 3.05) is 0 Å². The van der Waals surface area contributed by atoms with Gasteiger partial charge in [-0.25, -0.2) is 4.98 Å². The molecule has 0 atom stereocenters. The van der Waals surface area contributed by atoms with E-state index in [-0.39, 0.29) is 0 Å². The quantitative estimate of drug-likeness (QED) is 0.473. The second kappa shape index (κ2) is 4.13. The Morgan fingerprint density at radius 1 is 1.62 bits per heavy atom. The van der Waals surface area contributed by atoms with Crippen LogP contribution >= 0.6 is 0 Å². The lowest BCUT2D eigenvalue weighted by atomic mass is 10.3. The predicted molar refractivity (Wildman–Crippen MR) is 54.8 cm³/mol. The Balaban J connectivity index is 2.19. The summed E-state index contributed by atoms with van der Waals surface area (Å²) >= 11 is 0. The van der Waals surface area contributed by atoms with E-state index in [2.05, 4.69) is 20.4 Å². The first-order chi connectivity index (χ1) is 7.69. The van der Waals surface area contributed by atoms with Gasteiger partial charge in [-0.05, 0) is 13.8 Å². The van der Waals surface area contributed by atoms with Crippen molar-refractivity contribution in [1.82, 2.24) is 19.9 Å². The molecule has 1 N–H and O–H groups in total. The van der Waals surface area contributed by atoms with Gasteiger partial charge < -0.3 is 9.73 Å². The summed E-state index contributed by atoms with van der Waals surface area (Å²) in [6, 6.07) is 1.76. The lowest BCUT2D eigenvalue weighted by Gasteiger charge is -1.92. The van der Waals surface area contributed by atoms with Gasteiger partial charge in [0.25, 0.3) is 0 Å². The highest BCUT2D eigenvalue weighted by Crippen LogP contribution is 2.06. The molecule has 0 spiro atoms. The van der Waals surface area contributed by atoms with E-state index in [4.69, 9.17) is 9.73 Å². The first-order valence-electron chi connectivity index (χ1n) is 4.71. The molecule has 0 aliphatic rings. The van der Waals surface area contributed by atoms with Gasteiger partial charge in [0.2, 0.25) is 0 Å². The van der Waals surface area contributed by atoms with Crippen molar-refractivity contribution in [3.8, 4) is 5.82 Å². The van der Waals surface area contributed by atoms with E-state index in [9.17, 15) is 0 Å². The Kier molecular flexibility index (Phi) is 2.67. The zero-order chi connectivity index (χ0) is 11.5. The molecule has 0 radical (unpaired) electrons. The van der Waals surface area contributed by atoms with E-state index in [1.165, 1.54) is 11.0 Å². The molecule has 0 aliphatic heterocycles. The molecule has 0 bridgehead atoms. The maximum absolute atomic E-state index is 8.52. The van der Waals surface area contributed by atoms with Crippen LogP contribution in [0.2, 0.25) is 0 Å². The van der Waals surface area contributed by atoms with Crippen LogP contribution < -0.4 is 0 Å². The van der Waals surface area contributed by atoms with E-state index >= 15 is 0 Å². The highest BCUT2D eigenvalue weighted by atomic mass is 16.5. The van der Waals surface area contributed by atoms with E-state index in [0.717, 1.165) is 0 Å². The van der Waals surface area contributed by atoms with Crippen molar-refractivity contribution in [1.29, 1.82) is 0 Å². The fraction of sp³-hybridized carbons (Fsp3) is 0.333. The number of aryl methyl sites for hydroxylation is 1. The molecule has 2 aromatic rings. The van der Waals surface area contributed by atoms with Gasteiger partial charge in [-0.3, -0.25) is 0 Å². The average molecular weight is 221 g/mol. The molecule has 2 aromatic heterocycles. The SMILES string of the molecule is C/C(Cc1ncn(-c2cc(C)on2)n1)=N/O. The van der Waals surface area contributed by atoms with Gasteiger partial charge >= 0.3 is 0 Å². The average Bonchev–Trinajstić information content (AvgIpc) is 2.87. The number of rotatable bonds is 3. The summed E-state index contributed by atoms with van der Waals surface area (Å²) in [6.07, 6.45) is 1.94. The van der Waals surface area contributed by atoms with E-state index in [0.29, 0.717) is 29.5 Å². The molecule has 0 saturated carbocycles. The molecule has 7 nitrogen and oxygen atoms in total. The van der Waals surface area contributed by atoms with Crippen molar-refractivity contribution >= 4 is 5.71 Å². The molecular weight excluding hydrogens is 210 g/mol. The molecule has 0 amide bonds. The number of aromatic nitrogens is 4. The smallest absolute Gasteiger partial charge is 0.198 e. The highest BCUT2D eigenvalue weighted by molar-refractivity contribution is 5.82. The molecule has 0 fully saturated rings. The third-order valence-corrected chi connectivity index (χ3v) is 1.97. The molecular formula is C9H11N5O2. The molecule has 2 rings (SSSR count). The number of hydrogen-bond acceptors (Lipinski definition) is 6. The Labute approximate surface area is 91.4 Å².